The van der Waals surface area contributed by atoms with Crippen molar-refractivity contribution in [2.24, 2.45) is 0 Å². The molecule has 0 atom stereocenters. The largest absolute Gasteiger partial charge is 0.478 e. The molecule has 0 unspecified atom stereocenters. The molecule has 0 radical (unpaired) electrons. The van der Waals surface area contributed by atoms with Crippen LogP contribution < -0.4 is 0 Å². The molecule has 0 saturated heterocycles. The number of phosphoric ester groups is 2. The first-order valence-corrected chi connectivity index (χ1v) is 14.4. The second kappa shape index (κ2) is 13.3. The molecule has 0 aromatic carbocycles. The van der Waals surface area contributed by atoms with Crippen LogP contribution in [0.4, 0.5) is 0 Å². The highest BCUT2D eigenvalue weighted by molar-refractivity contribution is 7.48. The van der Waals surface area contributed by atoms with Crippen LogP contribution in [0.25, 0.3) is 0 Å². The molecular formula is C22H44O12P2. The van der Waals surface area contributed by atoms with E-state index in [9.17, 15) is 18.7 Å². The molecule has 0 aromatic rings. The molecule has 0 aliphatic heterocycles. The molecule has 0 aliphatic carbocycles. The highest BCUT2D eigenvalue weighted by Crippen LogP contribution is 2.56. The summed E-state index contributed by atoms with van der Waals surface area (Å²) in [5.41, 5.74) is -3.40. The lowest BCUT2D eigenvalue weighted by Gasteiger charge is -2.30. The van der Waals surface area contributed by atoms with E-state index in [0.29, 0.717) is 0 Å². The van der Waals surface area contributed by atoms with Crippen molar-refractivity contribution < 1.29 is 55.3 Å². The van der Waals surface area contributed by atoms with Crippen LogP contribution in [0, 0.1) is 0 Å². The smallest absolute Gasteiger partial charge is 0.438 e. The highest BCUT2D eigenvalue weighted by atomic mass is 31.2. The van der Waals surface area contributed by atoms with Gasteiger partial charge in [-0.25, -0.2) is 18.2 Å². The Morgan fingerprint density at radius 1 is 0.500 bits per heavy atom. The highest BCUT2D eigenvalue weighted by Gasteiger charge is 2.38. The summed E-state index contributed by atoms with van der Waals surface area (Å²) in [6, 6.07) is 0. The maximum atomic E-state index is 12.9. The van der Waals surface area contributed by atoms with Crippen molar-refractivity contribution in [2.75, 3.05) is 13.6 Å². The fraction of sp³-hybridized carbons (Fsp3) is 0.909. The molecule has 0 aromatic heterocycles. The van der Waals surface area contributed by atoms with E-state index in [0.717, 1.165) is 0 Å². The SMILES string of the molecule is CC(C)(C)OP(=O)(OCOC(=O)CCC(=O)OCOP(=O)(OC(C)(C)C)OC(C)(C)C)OC(C)(C)C. The monoisotopic (exact) mass is 562 g/mol. The third-order valence-corrected chi connectivity index (χ3v) is 6.87. The predicted octanol–water partition coefficient (Wildman–Crippen LogP) is 6.28. The van der Waals surface area contributed by atoms with E-state index < -0.39 is 63.6 Å². The fourth-order valence-electron chi connectivity index (χ4n) is 2.15. The quantitative estimate of drug-likeness (QED) is 0.142. The van der Waals surface area contributed by atoms with Gasteiger partial charge < -0.3 is 9.47 Å². The van der Waals surface area contributed by atoms with E-state index in [1.165, 1.54) is 0 Å². The van der Waals surface area contributed by atoms with Gasteiger partial charge in [0, 0.05) is 0 Å². The van der Waals surface area contributed by atoms with Crippen LogP contribution in [0.2, 0.25) is 0 Å². The predicted molar refractivity (Wildman–Crippen MR) is 132 cm³/mol. The van der Waals surface area contributed by atoms with Gasteiger partial charge in [-0.3, -0.25) is 27.7 Å². The topological polar surface area (TPSA) is 142 Å². The normalized spacial score (nSPS) is 14.0. The van der Waals surface area contributed by atoms with Crippen molar-refractivity contribution in [1.82, 2.24) is 0 Å². The minimum atomic E-state index is -4.05. The molecule has 214 valence electrons. The first-order chi connectivity index (χ1) is 15.8. The van der Waals surface area contributed by atoms with Gasteiger partial charge >= 0.3 is 27.6 Å². The number of carbonyl (C=O) groups excluding carboxylic acids is 2. The molecular weight excluding hydrogens is 518 g/mol. The molecule has 0 rings (SSSR count). The molecule has 0 amide bonds. The Morgan fingerprint density at radius 2 is 0.722 bits per heavy atom. The Labute approximate surface area is 215 Å². The zero-order chi connectivity index (χ0) is 28.6. The third kappa shape index (κ3) is 19.3. The van der Waals surface area contributed by atoms with Crippen LogP contribution in [0.1, 0.15) is 95.9 Å². The van der Waals surface area contributed by atoms with Gasteiger partial charge in [0.25, 0.3) is 0 Å². The van der Waals surface area contributed by atoms with Gasteiger partial charge in [-0.1, -0.05) is 0 Å². The number of hydrogen-bond donors (Lipinski definition) is 0. The summed E-state index contributed by atoms with van der Waals surface area (Å²) in [7, 11) is -8.11. The van der Waals surface area contributed by atoms with Crippen LogP contribution in [-0.2, 0) is 55.3 Å². The Balaban J connectivity index is 4.66. The Bertz CT molecular complexity index is 705. The molecule has 36 heavy (non-hydrogen) atoms. The minimum Gasteiger partial charge on any atom is -0.438 e. The molecule has 0 N–H and O–H groups in total. The standard InChI is InChI=1S/C22H44O12P2/c1-19(2,3)31-35(25,32-20(4,5)6)29-15-27-17(23)13-14-18(24)28-16-30-36(26,33-21(7,8)9)34-22(10,11)12/h13-16H2,1-12H3. The summed E-state index contributed by atoms with van der Waals surface area (Å²) in [5.74, 6) is -1.63. The van der Waals surface area contributed by atoms with E-state index in [-0.39, 0.29) is 12.8 Å². The van der Waals surface area contributed by atoms with E-state index >= 15 is 0 Å². The summed E-state index contributed by atoms with van der Waals surface area (Å²) in [5, 5.41) is 0. The summed E-state index contributed by atoms with van der Waals surface area (Å²) in [6.07, 6.45) is -0.719. The van der Waals surface area contributed by atoms with Gasteiger partial charge in [-0.2, -0.15) is 0 Å². The average molecular weight is 563 g/mol. The molecule has 0 aliphatic rings. The summed E-state index contributed by atoms with van der Waals surface area (Å²) in [6.45, 7) is 18.6. The first-order valence-electron chi connectivity index (χ1n) is 11.5. The van der Waals surface area contributed by atoms with E-state index in [1.807, 2.05) is 0 Å². The van der Waals surface area contributed by atoms with Crippen LogP contribution in [0.3, 0.4) is 0 Å². The second-order valence-corrected chi connectivity index (χ2v) is 14.8. The number of hydrogen-bond acceptors (Lipinski definition) is 12. The Kier molecular flexibility index (Phi) is 13.0. The number of carbonyl (C=O) groups is 2. The van der Waals surface area contributed by atoms with Crippen molar-refractivity contribution >= 4 is 27.6 Å². The van der Waals surface area contributed by atoms with Crippen LogP contribution in [0.5, 0.6) is 0 Å². The van der Waals surface area contributed by atoms with Crippen LogP contribution >= 0.6 is 15.6 Å². The van der Waals surface area contributed by atoms with E-state index in [1.54, 1.807) is 83.1 Å². The lowest BCUT2D eigenvalue weighted by atomic mass is 10.2. The van der Waals surface area contributed by atoms with Crippen molar-refractivity contribution in [2.45, 2.75) is 118 Å². The lowest BCUT2D eigenvalue weighted by Crippen LogP contribution is -2.25. The summed E-state index contributed by atoms with van der Waals surface area (Å²) < 4.78 is 67.3. The van der Waals surface area contributed by atoms with Gasteiger partial charge in [0.2, 0.25) is 13.6 Å². The lowest BCUT2D eigenvalue weighted by molar-refractivity contribution is -0.159. The zero-order valence-corrected chi connectivity index (χ0v) is 25.4. The van der Waals surface area contributed by atoms with Gasteiger partial charge in [-0.05, 0) is 83.1 Å². The van der Waals surface area contributed by atoms with Gasteiger partial charge in [0.15, 0.2) is 0 Å². The Hall–Kier alpha value is -0.840. The van der Waals surface area contributed by atoms with Crippen molar-refractivity contribution in [3.05, 3.63) is 0 Å². The van der Waals surface area contributed by atoms with Crippen LogP contribution in [-0.4, -0.2) is 47.9 Å². The van der Waals surface area contributed by atoms with Gasteiger partial charge in [0.1, 0.15) is 0 Å². The molecule has 0 spiro atoms. The van der Waals surface area contributed by atoms with Crippen molar-refractivity contribution in [1.29, 1.82) is 0 Å². The summed E-state index contributed by atoms with van der Waals surface area (Å²) >= 11 is 0. The number of ether oxygens (including phenoxy) is 2. The maximum Gasteiger partial charge on any atom is 0.478 e. The van der Waals surface area contributed by atoms with Crippen molar-refractivity contribution in [3.63, 3.8) is 0 Å². The first kappa shape index (κ1) is 35.2. The zero-order valence-electron chi connectivity index (χ0n) is 23.6. The molecule has 14 heteroatoms. The number of phosphoric acid groups is 2. The molecule has 0 saturated carbocycles. The maximum absolute atomic E-state index is 12.9. The van der Waals surface area contributed by atoms with Gasteiger partial charge in [-0.15, -0.1) is 0 Å². The number of rotatable bonds is 13. The molecule has 0 fully saturated rings. The minimum absolute atomic E-state index is 0.360. The van der Waals surface area contributed by atoms with E-state index in [2.05, 4.69) is 0 Å². The average Bonchev–Trinajstić information content (AvgIpc) is 2.52. The van der Waals surface area contributed by atoms with E-state index in [4.69, 9.17) is 36.6 Å². The summed E-state index contributed by atoms with van der Waals surface area (Å²) in [4.78, 5) is 23.9. The third-order valence-electron chi connectivity index (χ3n) is 2.94. The molecule has 0 bridgehead atoms. The molecule has 12 nitrogen and oxygen atoms in total. The number of esters is 2. The van der Waals surface area contributed by atoms with Crippen molar-refractivity contribution in [3.8, 4) is 0 Å². The molecule has 0 heterocycles. The fourth-order valence-corrected chi connectivity index (χ4v) is 5.48. The Morgan fingerprint density at radius 3 is 0.917 bits per heavy atom. The van der Waals surface area contributed by atoms with Gasteiger partial charge in [0.05, 0.1) is 35.2 Å². The second-order valence-electron chi connectivity index (χ2n) is 11.7. The van der Waals surface area contributed by atoms with Crippen LogP contribution in [0.15, 0.2) is 0 Å².